The second kappa shape index (κ2) is 6.81. The van der Waals surface area contributed by atoms with Gasteiger partial charge in [-0.15, -0.1) is 11.3 Å². The molecule has 88 valence electrons. The van der Waals surface area contributed by atoms with E-state index in [2.05, 4.69) is 27.9 Å². The van der Waals surface area contributed by atoms with Gasteiger partial charge in [-0.25, -0.2) is 0 Å². The summed E-state index contributed by atoms with van der Waals surface area (Å²) in [7, 11) is 0. The number of ether oxygens (including phenoxy) is 1. The van der Waals surface area contributed by atoms with E-state index in [1.807, 2.05) is 6.07 Å². The molecule has 0 spiro atoms. The van der Waals surface area contributed by atoms with E-state index in [1.165, 1.54) is 11.3 Å². The van der Waals surface area contributed by atoms with Crippen molar-refractivity contribution in [3.05, 3.63) is 19.9 Å². The minimum Gasteiger partial charge on any atom is -0.370 e. The maximum Gasteiger partial charge on any atom is 0.252 e. The van der Waals surface area contributed by atoms with E-state index in [9.17, 15) is 9.59 Å². The Morgan fingerprint density at radius 2 is 2.31 bits per heavy atom. The van der Waals surface area contributed by atoms with Crippen LogP contribution in [0.4, 0.5) is 0 Å². The van der Waals surface area contributed by atoms with Crippen LogP contribution in [-0.4, -0.2) is 31.6 Å². The summed E-state index contributed by atoms with van der Waals surface area (Å²) in [6.07, 6.45) is 0. The molecule has 2 amide bonds. The average Bonchev–Trinajstić information content (AvgIpc) is 2.63. The number of carbonyl (C=O) groups is 2. The number of primary amides is 1. The van der Waals surface area contributed by atoms with Gasteiger partial charge < -0.3 is 15.8 Å². The normalized spacial score (nSPS) is 10.1. The third-order valence-corrected chi connectivity index (χ3v) is 3.39. The van der Waals surface area contributed by atoms with Gasteiger partial charge in [0.1, 0.15) is 6.61 Å². The van der Waals surface area contributed by atoms with Crippen LogP contribution in [0, 0.1) is 2.88 Å². The Kier molecular flexibility index (Phi) is 5.71. The fourth-order valence-electron chi connectivity index (χ4n) is 0.941. The van der Waals surface area contributed by atoms with Crippen LogP contribution in [0.15, 0.2) is 11.4 Å². The maximum absolute atomic E-state index is 11.5. The molecule has 0 aliphatic heterocycles. The van der Waals surface area contributed by atoms with Crippen molar-refractivity contribution in [3.8, 4) is 0 Å². The second-order valence-corrected chi connectivity index (χ2v) is 5.72. The van der Waals surface area contributed by atoms with Crippen LogP contribution in [0.25, 0.3) is 0 Å². The van der Waals surface area contributed by atoms with Gasteiger partial charge in [0.25, 0.3) is 5.91 Å². The number of nitrogens with one attached hydrogen (secondary N) is 1. The van der Waals surface area contributed by atoms with Crippen molar-refractivity contribution >= 4 is 45.7 Å². The van der Waals surface area contributed by atoms with Crippen molar-refractivity contribution in [3.63, 3.8) is 0 Å². The van der Waals surface area contributed by atoms with Crippen LogP contribution < -0.4 is 11.1 Å². The smallest absolute Gasteiger partial charge is 0.252 e. The van der Waals surface area contributed by atoms with E-state index in [0.29, 0.717) is 12.1 Å². The number of amides is 2. The molecule has 5 nitrogen and oxygen atoms in total. The largest absolute Gasteiger partial charge is 0.370 e. The zero-order valence-corrected chi connectivity index (χ0v) is 11.3. The molecule has 0 atom stereocenters. The quantitative estimate of drug-likeness (QED) is 0.579. The summed E-state index contributed by atoms with van der Waals surface area (Å²) in [5.74, 6) is -0.652. The Labute approximate surface area is 110 Å². The van der Waals surface area contributed by atoms with E-state index in [1.54, 1.807) is 5.38 Å². The highest BCUT2D eigenvalue weighted by atomic mass is 127. The standard InChI is InChI=1S/C9H11IN2O3S/c10-7-3-6(5-16-7)9(14)12-1-2-15-4-8(11)13/h3,5H,1-2,4H2,(H2,11,13)(H,12,14). The molecule has 3 N–H and O–H groups in total. The lowest BCUT2D eigenvalue weighted by Crippen LogP contribution is -2.28. The summed E-state index contributed by atoms with van der Waals surface area (Å²) in [4.78, 5) is 21.8. The highest BCUT2D eigenvalue weighted by Gasteiger charge is 2.06. The molecule has 1 aromatic heterocycles. The molecule has 0 fully saturated rings. The molecule has 0 aliphatic carbocycles. The van der Waals surface area contributed by atoms with Crippen LogP contribution in [0.3, 0.4) is 0 Å². The maximum atomic E-state index is 11.5. The third kappa shape index (κ3) is 4.90. The first-order chi connectivity index (χ1) is 7.59. The van der Waals surface area contributed by atoms with Gasteiger partial charge in [-0.2, -0.15) is 0 Å². The SMILES string of the molecule is NC(=O)COCCNC(=O)c1csc(I)c1. The first-order valence-corrected chi connectivity index (χ1v) is 6.43. The molecular weight excluding hydrogens is 343 g/mol. The van der Waals surface area contributed by atoms with Crippen LogP contribution >= 0.6 is 33.9 Å². The number of nitrogens with two attached hydrogens (primary N) is 1. The summed E-state index contributed by atoms with van der Waals surface area (Å²) < 4.78 is 5.96. The minimum absolute atomic E-state index is 0.119. The van der Waals surface area contributed by atoms with Crippen LogP contribution in [0.2, 0.25) is 0 Å². The van der Waals surface area contributed by atoms with Gasteiger partial charge in [0.15, 0.2) is 0 Å². The first kappa shape index (κ1) is 13.4. The molecule has 0 unspecified atom stereocenters. The zero-order chi connectivity index (χ0) is 12.0. The Morgan fingerprint density at radius 1 is 1.56 bits per heavy atom. The number of hydrogen-bond donors (Lipinski definition) is 2. The van der Waals surface area contributed by atoms with Gasteiger partial charge in [0.2, 0.25) is 5.91 Å². The number of thiophene rings is 1. The molecule has 0 saturated carbocycles. The highest BCUT2D eigenvalue weighted by Crippen LogP contribution is 2.16. The van der Waals surface area contributed by atoms with E-state index in [-0.39, 0.29) is 19.1 Å². The summed E-state index contributed by atoms with van der Waals surface area (Å²) in [5.41, 5.74) is 5.52. The van der Waals surface area contributed by atoms with Gasteiger partial charge in [-0.05, 0) is 28.7 Å². The molecule has 1 rings (SSSR count). The molecule has 0 radical (unpaired) electrons. The Balaban J connectivity index is 2.18. The monoisotopic (exact) mass is 354 g/mol. The van der Waals surface area contributed by atoms with Gasteiger partial charge in [-0.1, -0.05) is 0 Å². The topological polar surface area (TPSA) is 81.4 Å². The summed E-state index contributed by atoms with van der Waals surface area (Å²) in [5, 5.41) is 4.47. The molecular formula is C9H11IN2O3S. The predicted octanol–water partition coefficient (Wildman–Crippen LogP) is 0.584. The van der Waals surface area contributed by atoms with Crippen molar-refractivity contribution in [2.24, 2.45) is 5.73 Å². The predicted molar refractivity (Wildman–Crippen MR) is 69.4 cm³/mol. The number of hydrogen-bond acceptors (Lipinski definition) is 4. The van der Waals surface area contributed by atoms with Gasteiger partial charge in [0, 0.05) is 11.9 Å². The Hall–Kier alpha value is -0.670. The van der Waals surface area contributed by atoms with Gasteiger partial charge in [0.05, 0.1) is 15.1 Å². The average molecular weight is 354 g/mol. The molecule has 0 saturated heterocycles. The molecule has 16 heavy (non-hydrogen) atoms. The zero-order valence-electron chi connectivity index (χ0n) is 8.36. The lowest BCUT2D eigenvalue weighted by Gasteiger charge is -2.03. The van der Waals surface area contributed by atoms with E-state index in [0.717, 1.165) is 2.88 Å². The molecule has 0 aromatic carbocycles. The lowest BCUT2D eigenvalue weighted by molar-refractivity contribution is -0.122. The first-order valence-electron chi connectivity index (χ1n) is 4.48. The summed E-state index contributed by atoms with van der Waals surface area (Å²) >= 11 is 3.67. The Bertz CT molecular complexity index is 381. The minimum atomic E-state index is -0.515. The van der Waals surface area contributed by atoms with Gasteiger partial charge in [-0.3, -0.25) is 9.59 Å². The molecule has 0 bridgehead atoms. The van der Waals surface area contributed by atoms with Crippen molar-refractivity contribution in [2.45, 2.75) is 0 Å². The highest BCUT2D eigenvalue weighted by molar-refractivity contribution is 14.1. The van der Waals surface area contributed by atoms with Crippen LogP contribution in [0.5, 0.6) is 0 Å². The van der Waals surface area contributed by atoms with Crippen molar-refractivity contribution in [1.29, 1.82) is 0 Å². The number of rotatable bonds is 6. The summed E-state index contributed by atoms with van der Waals surface area (Å²) in [6, 6.07) is 1.81. The molecule has 1 aromatic rings. The third-order valence-electron chi connectivity index (χ3n) is 1.61. The summed E-state index contributed by atoms with van der Waals surface area (Å²) in [6.45, 7) is 0.515. The molecule has 1 heterocycles. The van der Waals surface area contributed by atoms with Crippen molar-refractivity contribution < 1.29 is 14.3 Å². The van der Waals surface area contributed by atoms with Crippen LogP contribution in [-0.2, 0) is 9.53 Å². The van der Waals surface area contributed by atoms with Crippen LogP contribution in [0.1, 0.15) is 10.4 Å². The van der Waals surface area contributed by atoms with Gasteiger partial charge >= 0.3 is 0 Å². The van der Waals surface area contributed by atoms with Crippen molar-refractivity contribution in [2.75, 3.05) is 19.8 Å². The Morgan fingerprint density at radius 3 is 2.88 bits per heavy atom. The molecule has 7 heteroatoms. The van der Waals surface area contributed by atoms with E-state index < -0.39 is 5.91 Å². The van der Waals surface area contributed by atoms with E-state index >= 15 is 0 Å². The fraction of sp³-hybridized carbons (Fsp3) is 0.333. The lowest BCUT2D eigenvalue weighted by atomic mass is 10.3. The molecule has 0 aliphatic rings. The number of carbonyl (C=O) groups excluding carboxylic acids is 2. The second-order valence-electron chi connectivity index (χ2n) is 2.91. The van der Waals surface area contributed by atoms with E-state index in [4.69, 9.17) is 10.5 Å². The van der Waals surface area contributed by atoms with Crippen molar-refractivity contribution in [1.82, 2.24) is 5.32 Å². The fourth-order valence-corrected chi connectivity index (χ4v) is 2.27. The number of halogens is 1.